The smallest absolute Gasteiger partial charge is 0.246 e. The van der Waals surface area contributed by atoms with E-state index in [0.717, 1.165) is 22.9 Å². The number of carbonyl (C=O) groups is 1. The van der Waals surface area contributed by atoms with Crippen LogP contribution in [0.4, 0.5) is 10.1 Å². The average Bonchev–Trinajstić information content (AvgIpc) is 3.01. The molecule has 6 nitrogen and oxygen atoms in total. The fraction of sp³-hybridized carbons (Fsp3) is 0.240. The highest BCUT2D eigenvalue weighted by molar-refractivity contribution is 7.89. The maximum absolute atomic E-state index is 14.2. The summed E-state index contributed by atoms with van der Waals surface area (Å²) in [7, 11) is -4.04. The number of fused-ring (bicyclic) bond motifs is 1. The van der Waals surface area contributed by atoms with Crippen molar-refractivity contribution in [1.82, 2.24) is 4.31 Å². The van der Waals surface area contributed by atoms with Gasteiger partial charge in [-0.05, 0) is 48.9 Å². The zero-order chi connectivity index (χ0) is 23.6. The minimum Gasteiger partial charge on any atom is -0.492 e. The Hall–Kier alpha value is -3.23. The molecule has 0 fully saturated rings. The van der Waals surface area contributed by atoms with E-state index in [-0.39, 0.29) is 30.5 Å². The molecule has 0 unspecified atom stereocenters. The Morgan fingerprint density at radius 3 is 2.52 bits per heavy atom. The van der Waals surface area contributed by atoms with Crippen molar-refractivity contribution in [1.29, 1.82) is 0 Å². The fourth-order valence-electron chi connectivity index (χ4n) is 3.81. The van der Waals surface area contributed by atoms with Crippen molar-refractivity contribution >= 4 is 21.6 Å². The number of aryl methyl sites for hydroxylation is 1. The van der Waals surface area contributed by atoms with Crippen molar-refractivity contribution in [2.24, 2.45) is 0 Å². The van der Waals surface area contributed by atoms with Crippen LogP contribution in [0.25, 0.3) is 0 Å². The molecule has 8 heteroatoms. The molecule has 0 bridgehead atoms. The number of benzene rings is 3. The number of sulfonamides is 1. The van der Waals surface area contributed by atoms with Gasteiger partial charge in [-0.3, -0.25) is 4.79 Å². The number of rotatable bonds is 5. The van der Waals surface area contributed by atoms with Crippen LogP contribution < -0.4 is 9.64 Å². The quantitative estimate of drug-likeness (QED) is 0.561. The van der Waals surface area contributed by atoms with E-state index in [2.05, 4.69) is 0 Å². The lowest BCUT2D eigenvalue weighted by molar-refractivity contribution is -0.116. The highest BCUT2D eigenvalue weighted by atomic mass is 32.2. The van der Waals surface area contributed by atoms with E-state index in [1.165, 1.54) is 29.4 Å². The Morgan fingerprint density at radius 2 is 1.82 bits per heavy atom. The molecule has 3 aromatic carbocycles. The molecule has 172 valence electrons. The van der Waals surface area contributed by atoms with Crippen LogP contribution in [0.2, 0.25) is 0 Å². The van der Waals surface area contributed by atoms with Crippen molar-refractivity contribution in [3.63, 3.8) is 0 Å². The van der Waals surface area contributed by atoms with Crippen LogP contribution in [-0.4, -0.2) is 31.8 Å². The van der Waals surface area contributed by atoms with Gasteiger partial charge in [0.05, 0.1) is 6.54 Å². The molecule has 4 rings (SSSR count). The number of ether oxygens (including phenoxy) is 1. The average molecular weight is 469 g/mol. The molecule has 0 saturated carbocycles. The molecule has 0 saturated heterocycles. The Labute approximate surface area is 193 Å². The van der Waals surface area contributed by atoms with E-state index in [1.807, 2.05) is 43.3 Å². The van der Waals surface area contributed by atoms with Gasteiger partial charge >= 0.3 is 0 Å². The molecular formula is C25H25FN2O4S. The van der Waals surface area contributed by atoms with E-state index in [1.54, 1.807) is 11.0 Å². The second-order valence-corrected chi connectivity index (χ2v) is 9.91. The Morgan fingerprint density at radius 1 is 1.09 bits per heavy atom. The first kappa shape index (κ1) is 22.9. The maximum Gasteiger partial charge on any atom is 0.246 e. The van der Waals surface area contributed by atoms with Gasteiger partial charge in [-0.15, -0.1) is 0 Å². The molecule has 33 heavy (non-hydrogen) atoms. The summed E-state index contributed by atoms with van der Waals surface area (Å²) in [6.07, 6.45) is 0. The summed E-state index contributed by atoms with van der Waals surface area (Å²) in [5.41, 5.74) is 3.37. The first-order chi connectivity index (χ1) is 15.8. The molecule has 0 aromatic heterocycles. The van der Waals surface area contributed by atoms with Crippen LogP contribution >= 0.6 is 0 Å². The van der Waals surface area contributed by atoms with Gasteiger partial charge in [0.15, 0.2) is 0 Å². The molecule has 1 aliphatic heterocycles. The van der Waals surface area contributed by atoms with E-state index in [0.29, 0.717) is 17.9 Å². The predicted octanol–water partition coefficient (Wildman–Crippen LogP) is 4.27. The number of halogens is 1. The van der Waals surface area contributed by atoms with E-state index < -0.39 is 15.8 Å². The van der Waals surface area contributed by atoms with E-state index in [9.17, 15) is 17.6 Å². The molecule has 1 amide bonds. The number of anilines is 1. The van der Waals surface area contributed by atoms with Gasteiger partial charge in [-0.1, -0.05) is 35.9 Å². The summed E-state index contributed by atoms with van der Waals surface area (Å²) in [6, 6.07) is 18.5. The van der Waals surface area contributed by atoms with Gasteiger partial charge in [0.2, 0.25) is 15.9 Å². The molecule has 0 aliphatic carbocycles. The van der Waals surface area contributed by atoms with Crippen LogP contribution in [-0.2, 0) is 27.9 Å². The van der Waals surface area contributed by atoms with Crippen LogP contribution in [0.3, 0.4) is 0 Å². The minimum atomic E-state index is -4.04. The van der Waals surface area contributed by atoms with E-state index in [4.69, 9.17) is 4.74 Å². The number of carbonyl (C=O) groups excluding carboxylic acids is 1. The van der Waals surface area contributed by atoms with Crippen LogP contribution in [0, 0.1) is 12.7 Å². The van der Waals surface area contributed by atoms with E-state index >= 15 is 0 Å². The van der Waals surface area contributed by atoms with Crippen molar-refractivity contribution in [3.8, 4) is 5.75 Å². The summed E-state index contributed by atoms with van der Waals surface area (Å²) >= 11 is 0. The molecule has 0 atom stereocenters. The lowest BCUT2D eigenvalue weighted by atomic mass is 10.1. The molecule has 0 radical (unpaired) electrons. The summed E-state index contributed by atoms with van der Waals surface area (Å²) in [4.78, 5) is 13.6. The number of hydrogen-bond acceptors (Lipinski definition) is 4. The van der Waals surface area contributed by atoms with Crippen molar-refractivity contribution in [2.75, 3.05) is 18.1 Å². The van der Waals surface area contributed by atoms with Gasteiger partial charge in [-0.2, -0.15) is 4.31 Å². The normalized spacial score (nSPS) is 14.2. The lowest BCUT2D eigenvalue weighted by Gasteiger charge is -2.23. The molecule has 0 N–H and O–H groups in total. The summed E-state index contributed by atoms with van der Waals surface area (Å²) in [5, 5.41) is 0. The first-order valence-electron chi connectivity index (χ1n) is 10.6. The SMILES string of the molecule is CC(=O)N(Cc1ccc2c(c1)CN(S(=O)(=O)c1ccccc1F)CCO2)c1ccc(C)cc1. The first-order valence-corrected chi connectivity index (χ1v) is 12.0. The molecule has 1 aliphatic rings. The summed E-state index contributed by atoms with van der Waals surface area (Å²) < 4.78 is 47.4. The van der Waals surface area contributed by atoms with Crippen LogP contribution in [0.15, 0.2) is 71.6 Å². The lowest BCUT2D eigenvalue weighted by Crippen LogP contribution is -2.33. The van der Waals surface area contributed by atoms with Crippen molar-refractivity contribution < 1.29 is 22.3 Å². The highest BCUT2D eigenvalue weighted by Crippen LogP contribution is 2.29. The Balaban J connectivity index is 1.62. The number of hydrogen-bond donors (Lipinski definition) is 0. The highest BCUT2D eigenvalue weighted by Gasteiger charge is 2.30. The van der Waals surface area contributed by atoms with Gasteiger partial charge < -0.3 is 9.64 Å². The van der Waals surface area contributed by atoms with Gasteiger partial charge in [-0.25, -0.2) is 12.8 Å². The van der Waals surface area contributed by atoms with Crippen LogP contribution in [0.1, 0.15) is 23.6 Å². The molecule has 1 heterocycles. The summed E-state index contributed by atoms with van der Waals surface area (Å²) in [5.74, 6) is -0.310. The van der Waals surface area contributed by atoms with Gasteiger partial charge in [0, 0.05) is 31.3 Å². The summed E-state index contributed by atoms with van der Waals surface area (Å²) in [6.45, 7) is 4.12. The second kappa shape index (κ2) is 9.33. The zero-order valence-electron chi connectivity index (χ0n) is 18.5. The Bertz CT molecular complexity index is 1280. The van der Waals surface area contributed by atoms with Gasteiger partial charge in [0.25, 0.3) is 0 Å². The standard InChI is InChI=1S/C25H25FN2O4S/c1-18-7-10-22(11-8-18)28(19(2)29)16-20-9-12-24-21(15-20)17-27(13-14-32-24)33(30,31)25-6-4-3-5-23(25)26/h3-12,15H,13-14,16-17H2,1-2H3. The molecular weight excluding hydrogens is 443 g/mol. The third-order valence-corrected chi connectivity index (χ3v) is 7.47. The van der Waals surface area contributed by atoms with Crippen molar-refractivity contribution in [3.05, 3.63) is 89.2 Å². The zero-order valence-corrected chi connectivity index (χ0v) is 19.3. The van der Waals surface area contributed by atoms with Crippen molar-refractivity contribution in [2.45, 2.75) is 31.8 Å². The Kier molecular flexibility index (Phi) is 6.49. The third-order valence-electron chi connectivity index (χ3n) is 5.59. The number of nitrogens with zero attached hydrogens (tertiary/aromatic N) is 2. The molecule has 0 spiro atoms. The largest absolute Gasteiger partial charge is 0.492 e. The fourth-order valence-corrected chi connectivity index (χ4v) is 5.28. The topological polar surface area (TPSA) is 66.9 Å². The molecule has 3 aromatic rings. The second-order valence-electron chi connectivity index (χ2n) is 8.00. The van der Waals surface area contributed by atoms with Crippen LogP contribution in [0.5, 0.6) is 5.75 Å². The predicted molar refractivity (Wildman–Crippen MR) is 124 cm³/mol. The van der Waals surface area contributed by atoms with Gasteiger partial charge in [0.1, 0.15) is 23.1 Å². The monoisotopic (exact) mass is 468 g/mol. The minimum absolute atomic E-state index is 0.0461. The number of amides is 1. The third kappa shape index (κ3) is 4.91. The maximum atomic E-state index is 14.2.